The van der Waals surface area contributed by atoms with Crippen LogP contribution in [0.3, 0.4) is 0 Å². The van der Waals surface area contributed by atoms with Crippen molar-refractivity contribution in [3.63, 3.8) is 0 Å². The molecule has 2 N–H and O–H groups in total. The lowest BCUT2D eigenvalue weighted by Crippen LogP contribution is -2.21. The molecule has 0 aliphatic heterocycles. The zero-order valence-electron chi connectivity index (χ0n) is 10.4. The van der Waals surface area contributed by atoms with Crippen LogP contribution in [-0.4, -0.2) is 48.7 Å². The van der Waals surface area contributed by atoms with E-state index in [2.05, 4.69) is 6.58 Å². The Morgan fingerprint density at radius 2 is 1.81 bits per heavy atom. The summed E-state index contributed by atoms with van der Waals surface area (Å²) in [6.07, 6.45) is 0.0200. The molecule has 0 saturated carbocycles. The van der Waals surface area contributed by atoms with Crippen LogP contribution in [0.25, 0.3) is 0 Å². The number of hydrogen-bond acceptors (Lipinski definition) is 4. The number of rotatable bonds is 6. The van der Waals surface area contributed by atoms with Crippen molar-refractivity contribution in [2.24, 2.45) is 0 Å². The van der Waals surface area contributed by atoms with Gasteiger partial charge in [0.2, 0.25) is 0 Å². The molecule has 0 heterocycles. The standard InChI is InChI=1S/C7H16O3.C4H6O2/c1-6(4-8)10-5-7(2)9-3;1-3(2)4(5)6/h6-8H,4-5H2,1-3H3;1H2,2H3,(H,5,6). The Hall–Kier alpha value is -0.910. The smallest absolute Gasteiger partial charge is 0.330 e. The van der Waals surface area contributed by atoms with E-state index in [1.165, 1.54) is 6.92 Å². The first-order valence-electron chi connectivity index (χ1n) is 4.99. The lowest BCUT2D eigenvalue weighted by molar-refractivity contribution is -0.132. The molecule has 0 saturated heterocycles. The fourth-order valence-corrected chi connectivity index (χ4v) is 0.421. The van der Waals surface area contributed by atoms with Gasteiger partial charge in [0.15, 0.2) is 0 Å². The van der Waals surface area contributed by atoms with Crippen LogP contribution in [0.4, 0.5) is 0 Å². The fraction of sp³-hybridized carbons (Fsp3) is 0.727. The third-order valence-corrected chi connectivity index (χ3v) is 1.64. The van der Waals surface area contributed by atoms with Crippen molar-refractivity contribution in [3.05, 3.63) is 12.2 Å². The van der Waals surface area contributed by atoms with Crippen LogP contribution in [-0.2, 0) is 14.3 Å². The van der Waals surface area contributed by atoms with Gasteiger partial charge < -0.3 is 19.7 Å². The molecule has 96 valence electrons. The van der Waals surface area contributed by atoms with Crippen molar-refractivity contribution in [2.75, 3.05) is 20.3 Å². The lowest BCUT2D eigenvalue weighted by atomic mass is 10.4. The molecular formula is C11H22O5. The average molecular weight is 234 g/mol. The van der Waals surface area contributed by atoms with E-state index in [0.29, 0.717) is 6.61 Å². The molecule has 0 aromatic carbocycles. The van der Waals surface area contributed by atoms with Gasteiger partial charge in [-0.15, -0.1) is 0 Å². The topological polar surface area (TPSA) is 76.0 Å². The molecule has 16 heavy (non-hydrogen) atoms. The molecule has 2 unspecified atom stereocenters. The third-order valence-electron chi connectivity index (χ3n) is 1.64. The molecule has 0 bridgehead atoms. The third kappa shape index (κ3) is 13.1. The van der Waals surface area contributed by atoms with Gasteiger partial charge in [0.25, 0.3) is 0 Å². The molecule has 0 radical (unpaired) electrons. The van der Waals surface area contributed by atoms with Crippen molar-refractivity contribution < 1.29 is 24.5 Å². The second kappa shape index (κ2) is 10.6. The first-order valence-corrected chi connectivity index (χ1v) is 4.99. The highest BCUT2D eigenvalue weighted by Crippen LogP contribution is 1.93. The van der Waals surface area contributed by atoms with Gasteiger partial charge in [0.1, 0.15) is 0 Å². The molecule has 0 aliphatic carbocycles. The molecule has 0 aromatic heterocycles. The minimum Gasteiger partial charge on any atom is -0.478 e. The zero-order chi connectivity index (χ0) is 13.1. The number of aliphatic hydroxyl groups excluding tert-OH is 1. The van der Waals surface area contributed by atoms with Gasteiger partial charge >= 0.3 is 5.97 Å². The summed E-state index contributed by atoms with van der Waals surface area (Å²) >= 11 is 0. The summed E-state index contributed by atoms with van der Waals surface area (Å²) in [6, 6.07) is 0. The van der Waals surface area contributed by atoms with Gasteiger partial charge in [-0.2, -0.15) is 0 Å². The minimum absolute atomic E-state index is 0.0659. The summed E-state index contributed by atoms with van der Waals surface area (Å²) in [5, 5.41) is 16.4. The fourth-order valence-electron chi connectivity index (χ4n) is 0.421. The summed E-state index contributed by atoms with van der Waals surface area (Å²) in [5.74, 6) is -0.935. The Labute approximate surface area is 96.7 Å². The largest absolute Gasteiger partial charge is 0.478 e. The molecule has 0 aliphatic rings. The van der Waals surface area contributed by atoms with Crippen molar-refractivity contribution in [3.8, 4) is 0 Å². The van der Waals surface area contributed by atoms with Crippen molar-refractivity contribution in [1.82, 2.24) is 0 Å². The number of methoxy groups -OCH3 is 1. The van der Waals surface area contributed by atoms with Gasteiger partial charge in [-0.1, -0.05) is 6.58 Å². The van der Waals surface area contributed by atoms with Gasteiger partial charge in [-0.25, -0.2) is 4.79 Å². The highest BCUT2D eigenvalue weighted by molar-refractivity contribution is 5.84. The summed E-state index contributed by atoms with van der Waals surface area (Å²) in [7, 11) is 1.64. The Bertz CT molecular complexity index is 181. The number of ether oxygens (including phenoxy) is 2. The van der Waals surface area contributed by atoms with Crippen molar-refractivity contribution in [1.29, 1.82) is 0 Å². The Morgan fingerprint density at radius 3 is 2.06 bits per heavy atom. The molecule has 5 heteroatoms. The zero-order valence-corrected chi connectivity index (χ0v) is 10.4. The average Bonchev–Trinajstić information content (AvgIpc) is 2.25. The van der Waals surface area contributed by atoms with E-state index in [1.807, 2.05) is 13.8 Å². The monoisotopic (exact) mass is 234 g/mol. The number of carboxylic acids is 1. The van der Waals surface area contributed by atoms with E-state index < -0.39 is 5.97 Å². The molecule has 5 nitrogen and oxygen atoms in total. The summed E-state index contributed by atoms with van der Waals surface area (Å²) < 4.78 is 10.1. The number of carbonyl (C=O) groups is 1. The van der Waals surface area contributed by atoms with E-state index in [9.17, 15) is 4.79 Å². The van der Waals surface area contributed by atoms with Crippen LogP contribution in [0.15, 0.2) is 12.2 Å². The first-order chi connectivity index (χ1) is 7.34. The number of hydrogen-bond donors (Lipinski definition) is 2. The maximum absolute atomic E-state index is 9.60. The highest BCUT2D eigenvalue weighted by Gasteiger charge is 2.03. The van der Waals surface area contributed by atoms with Crippen LogP contribution in [0, 0.1) is 0 Å². The predicted octanol–water partition coefficient (Wildman–Crippen LogP) is 1.07. The van der Waals surface area contributed by atoms with Gasteiger partial charge in [0.05, 0.1) is 25.4 Å². The van der Waals surface area contributed by atoms with Crippen LogP contribution in [0.1, 0.15) is 20.8 Å². The summed E-state index contributed by atoms with van der Waals surface area (Å²) in [4.78, 5) is 9.60. The quantitative estimate of drug-likeness (QED) is 0.672. The number of aliphatic hydroxyl groups is 1. The summed E-state index contributed by atoms with van der Waals surface area (Å²) in [5.41, 5.74) is 0.176. The van der Waals surface area contributed by atoms with Gasteiger partial charge in [-0.05, 0) is 20.8 Å². The van der Waals surface area contributed by atoms with E-state index in [-0.39, 0.29) is 24.4 Å². The summed E-state index contributed by atoms with van der Waals surface area (Å²) in [6.45, 7) is 8.95. The second-order valence-corrected chi connectivity index (χ2v) is 3.46. The van der Waals surface area contributed by atoms with E-state index in [1.54, 1.807) is 7.11 Å². The molecule has 0 amide bonds. The molecule has 0 fully saturated rings. The molecule has 0 spiro atoms. The number of aliphatic carboxylic acids is 1. The Balaban J connectivity index is 0. The normalized spacial score (nSPS) is 13.3. The lowest BCUT2D eigenvalue weighted by Gasteiger charge is -2.13. The first kappa shape index (κ1) is 17.5. The number of carboxylic acid groups (broad SMARTS) is 1. The van der Waals surface area contributed by atoms with E-state index in [4.69, 9.17) is 19.7 Å². The molecule has 2 atom stereocenters. The van der Waals surface area contributed by atoms with Crippen LogP contribution >= 0.6 is 0 Å². The van der Waals surface area contributed by atoms with Gasteiger partial charge in [-0.3, -0.25) is 0 Å². The minimum atomic E-state index is -0.935. The predicted molar refractivity (Wildman–Crippen MR) is 61.4 cm³/mol. The molecular weight excluding hydrogens is 212 g/mol. The maximum Gasteiger partial charge on any atom is 0.330 e. The Kier molecular flexibility index (Phi) is 11.6. The van der Waals surface area contributed by atoms with Crippen molar-refractivity contribution in [2.45, 2.75) is 33.0 Å². The van der Waals surface area contributed by atoms with Crippen molar-refractivity contribution >= 4 is 5.97 Å². The van der Waals surface area contributed by atoms with Crippen LogP contribution in [0.2, 0.25) is 0 Å². The van der Waals surface area contributed by atoms with Crippen LogP contribution < -0.4 is 0 Å². The maximum atomic E-state index is 9.60. The van der Waals surface area contributed by atoms with E-state index in [0.717, 1.165) is 0 Å². The highest BCUT2D eigenvalue weighted by atomic mass is 16.5. The van der Waals surface area contributed by atoms with Crippen LogP contribution in [0.5, 0.6) is 0 Å². The SMILES string of the molecule is C=C(C)C(=O)O.COC(C)COC(C)CO. The van der Waals surface area contributed by atoms with Gasteiger partial charge in [0, 0.05) is 12.7 Å². The Morgan fingerprint density at radius 1 is 1.38 bits per heavy atom. The second-order valence-electron chi connectivity index (χ2n) is 3.46. The molecule has 0 rings (SSSR count). The van der Waals surface area contributed by atoms with E-state index >= 15 is 0 Å². The molecule has 0 aromatic rings.